The molecule has 8 nitrogen and oxygen atoms in total. The monoisotopic (exact) mass is 539 g/mol. The third-order valence-corrected chi connectivity index (χ3v) is 6.01. The zero-order valence-electron chi connectivity index (χ0n) is 24.5. The maximum atomic E-state index is 14.2. The first kappa shape index (κ1) is 31.7. The Kier molecular flexibility index (Phi) is 12.3. The molecule has 39 heavy (non-hydrogen) atoms. The first-order chi connectivity index (χ1) is 18.4. The van der Waals surface area contributed by atoms with Crippen LogP contribution in [-0.2, 0) is 14.3 Å². The van der Waals surface area contributed by atoms with E-state index in [0.29, 0.717) is 30.0 Å². The van der Waals surface area contributed by atoms with Gasteiger partial charge in [-0.2, -0.15) is 0 Å². The minimum Gasteiger partial charge on any atom is -0.497 e. The number of rotatable bonds is 13. The number of amides is 3. The molecular weight excluding hydrogens is 494 g/mol. The summed E-state index contributed by atoms with van der Waals surface area (Å²) in [7, 11) is 1.58. The third-order valence-electron chi connectivity index (χ3n) is 6.01. The lowest BCUT2D eigenvalue weighted by molar-refractivity contribution is -0.141. The Bertz CT molecular complexity index is 1050. The Hall–Kier alpha value is -3.55. The molecule has 0 saturated heterocycles. The second kappa shape index (κ2) is 15.1. The van der Waals surface area contributed by atoms with Crippen molar-refractivity contribution >= 4 is 23.6 Å². The molecule has 214 valence electrons. The maximum Gasteiger partial charge on any atom is 0.408 e. The van der Waals surface area contributed by atoms with Crippen LogP contribution >= 0.6 is 0 Å². The van der Waals surface area contributed by atoms with Crippen molar-refractivity contribution < 1.29 is 23.9 Å². The first-order valence-electron chi connectivity index (χ1n) is 13.7. The minimum atomic E-state index is -0.896. The van der Waals surface area contributed by atoms with E-state index in [1.54, 1.807) is 57.0 Å². The van der Waals surface area contributed by atoms with Gasteiger partial charge in [-0.3, -0.25) is 9.59 Å². The number of carbonyl (C=O) groups excluding carboxylic acids is 3. The predicted molar refractivity (Wildman–Crippen MR) is 155 cm³/mol. The summed E-state index contributed by atoms with van der Waals surface area (Å²) in [5, 5.41) is 5.75. The van der Waals surface area contributed by atoms with Crippen molar-refractivity contribution in [3.8, 4) is 5.75 Å². The van der Waals surface area contributed by atoms with E-state index in [1.165, 1.54) is 0 Å². The number of hydrogen-bond acceptors (Lipinski definition) is 5. The largest absolute Gasteiger partial charge is 0.497 e. The summed E-state index contributed by atoms with van der Waals surface area (Å²) in [6.07, 6.45) is 2.34. The van der Waals surface area contributed by atoms with Crippen LogP contribution in [0.5, 0.6) is 5.75 Å². The summed E-state index contributed by atoms with van der Waals surface area (Å²) in [6, 6.07) is 14.6. The number of benzene rings is 2. The number of anilines is 1. The predicted octanol–water partition coefficient (Wildman–Crippen LogP) is 6.33. The average molecular weight is 540 g/mol. The van der Waals surface area contributed by atoms with Crippen molar-refractivity contribution in [3.05, 3.63) is 60.2 Å². The van der Waals surface area contributed by atoms with Gasteiger partial charge in [0, 0.05) is 12.2 Å². The number of ether oxygens (including phenoxy) is 2. The number of alkyl carbamates (subject to hydrolysis) is 1. The highest BCUT2D eigenvalue weighted by molar-refractivity contribution is 5.99. The number of methoxy groups -OCH3 is 1. The Morgan fingerprint density at radius 3 is 2.13 bits per heavy atom. The number of nitrogens with zero attached hydrogens (tertiary/aromatic N) is 1. The lowest BCUT2D eigenvalue weighted by atomic mass is 9.98. The highest BCUT2D eigenvalue weighted by atomic mass is 16.6. The molecule has 0 fully saturated rings. The molecule has 3 amide bonds. The standard InChI is InChI=1S/C31H45N3O5/c1-8-9-13-20-34(29(36)26(21-22(2)3)33-30(37)39-31(4,5)6)27(23-14-11-10-12-15-23)28(35)32-24-16-18-25(38-7)19-17-24/h10-12,14-19,22,26-27H,8-9,13,20-21H2,1-7H3,(H,32,35)(H,33,37). The molecule has 2 atom stereocenters. The van der Waals surface area contributed by atoms with Gasteiger partial charge in [0.05, 0.1) is 7.11 Å². The molecule has 2 unspecified atom stereocenters. The summed E-state index contributed by atoms with van der Waals surface area (Å²) in [5.41, 5.74) is 0.573. The quantitative estimate of drug-likeness (QED) is 0.290. The van der Waals surface area contributed by atoms with Gasteiger partial charge in [0.2, 0.25) is 5.91 Å². The summed E-state index contributed by atoms with van der Waals surface area (Å²) in [4.78, 5) is 42.4. The summed E-state index contributed by atoms with van der Waals surface area (Å²) in [5.74, 6) is 0.143. The second-order valence-electron chi connectivity index (χ2n) is 11.1. The molecule has 2 aromatic rings. The van der Waals surface area contributed by atoms with E-state index >= 15 is 0 Å². The summed E-state index contributed by atoms with van der Waals surface area (Å²) >= 11 is 0. The van der Waals surface area contributed by atoms with E-state index in [4.69, 9.17) is 9.47 Å². The van der Waals surface area contributed by atoms with Crippen molar-refractivity contribution in [1.29, 1.82) is 0 Å². The van der Waals surface area contributed by atoms with Crippen molar-refractivity contribution in [2.45, 2.75) is 84.9 Å². The Labute approximate surface area is 233 Å². The van der Waals surface area contributed by atoms with Crippen molar-refractivity contribution in [3.63, 3.8) is 0 Å². The zero-order chi connectivity index (χ0) is 29.0. The van der Waals surface area contributed by atoms with Crippen LogP contribution < -0.4 is 15.4 Å². The van der Waals surface area contributed by atoms with Gasteiger partial charge in [0.25, 0.3) is 5.91 Å². The molecule has 2 aromatic carbocycles. The summed E-state index contributed by atoms with van der Waals surface area (Å²) < 4.78 is 10.7. The van der Waals surface area contributed by atoms with Crippen molar-refractivity contribution in [1.82, 2.24) is 10.2 Å². The lowest BCUT2D eigenvalue weighted by Crippen LogP contribution is -2.53. The zero-order valence-corrected chi connectivity index (χ0v) is 24.5. The molecule has 0 saturated carbocycles. The Morgan fingerprint density at radius 2 is 1.59 bits per heavy atom. The molecule has 0 aromatic heterocycles. The molecule has 2 N–H and O–H groups in total. The van der Waals surface area contributed by atoms with Crippen molar-refractivity contribution in [2.75, 3.05) is 19.0 Å². The molecule has 0 bridgehead atoms. The molecule has 2 rings (SSSR count). The average Bonchev–Trinajstić information content (AvgIpc) is 2.87. The van der Waals surface area contributed by atoms with Gasteiger partial charge in [0.1, 0.15) is 23.4 Å². The summed E-state index contributed by atoms with van der Waals surface area (Å²) in [6.45, 7) is 11.8. The Morgan fingerprint density at radius 1 is 0.949 bits per heavy atom. The van der Waals surface area contributed by atoms with Crippen LogP contribution in [0.15, 0.2) is 54.6 Å². The van der Waals surface area contributed by atoms with Gasteiger partial charge in [-0.05, 0) is 69.4 Å². The van der Waals surface area contributed by atoms with E-state index in [9.17, 15) is 14.4 Å². The van der Waals surface area contributed by atoms with Crippen LogP contribution in [0.2, 0.25) is 0 Å². The fraction of sp³-hybridized carbons (Fsp3) is 0.516. The number of nitrogens with one attached hydrogen (secondary N) is 2. The first-order valence-corrected chi connectivity index (χ1v) is 13.7. The molecule has 0 aliphatic rings. The SMILES string of the molecule is CCCCCN(C(=O)C(CC(C)C)NC(=O)OC(C)(C)C)C(C(=O)Nc1ccc(OC)cc1)c1ccccc1. The van der Waals surface area contributed by atoms with E-state index in [0.717, 1.165) is 19.3 Å². The van der Waals surface area contributed by atoms with Crippen LogP contribution in [0.3, 0.4) is 0 Å². The molecule has 0 radical (unpaired) electrons. The fourth-order valence-electron chi connectivity index (χ4n) is 4.23. The normalized spacial score (nSPS) is 12.8. The van der Waals surface area contributed by atoms with Crippen molar-refractivity contribution in [2.24, 2.45) is 5.92 Å². The van der Waals surface area contributed by atoms with E-state index in [2.05, 4.69) is 17.6 Å². The van der Waals surface area contributed by atoms with Crippen LogP contribution in [0, 0.1) is 5.92 Å². The maximum absolute atomic E-state index is 14.2. The molecule has 0 heterocycles. The molecule has 8 heteroatoms. The van der Waals surface area contributed by atoms with Crippen LogP contribution in [0.4, 0.5) is 10.5 Å². The fourth-order valence-corrected chi connectivity index (χ4v) is 4.23. The van der Waals surface area contributed by atoms with E-state index in [1.807, 2.05) is 44.2 Å². The number of carbonyl (C=O) groups is 3. The van der Waals surface area contributed by atoms with Gasteiger partial charge in [-0.15, -0.1) is 0 Å². The molecule has 0 spiro atoms. The van der Waals surface area contributed by atoms with Gasteiger partial charge in [-0.1, -0.05) is 63.9 Å². The van der Waals surface area contributed by atoms with E-state index < -0.39 is 23.8 Å². The van der Waals surface area contributed by atoms with Crippen LogP contribution in [0.1, 0.15) is 78.8 Å². The van der Waals surface area contributed by atoms with Gasteiger partial charge in [-0.25, -0.2) is 4.79 Å². The Balaban J connectivity index is 2.47. The number of unbranched alkanes of at least 4 members (excludes halogenated alkanes) is 2. The van der Waals surface area contributed by atoms with Gasteiger partial charge >= 0.3 is 6.09 Å². The highest BCUT2D eigenvalue weighted by Crippen LogP contribution is 2.26. The third kappa shape index (κ3) is 10.6. The second-order valence-corrected chi connectivity index (χ2v) is 11.1. The van der Waals surface area contributed by atoms with E-state index in [-0.39, 0.29) is 17.7 Å². The van der Waals surface area contributed by atoms with Gasteiger partial charge in [0.15, 0.2) is 0 Å². The highest BCUT2D eigenvalue weighted by Gasteiger charge is 2.36. The lowest BCUT2D eigenvalue weighted by Gasteiger charge is -2.35. The number of hydrogen-bond donors (Lipinski definition) is 2. The van der Waals surface area contributed by atoms with Crippen LogP contribution in [0.25, 0.3) is 0 Å². The van der Waals surface area contributed by atoms with Crippen LogP contribution in [-0.4, -0.2) is 48.1 Å². The smallest absolute Gasteiger partial charge is 0.408 e. The van der Waals surface area contributed by atoms with Gasteiger partial charge < -0.3 is 25.0 Å². The topological polar surface area (TPSA) is 97.0 Å². The molecular formula is C31H45N3O5. The molecule has 0 aliphatic carbocycles. The molecule has 0 aliphatic heterocycles. The minimum absolute atomic E-state index is 0.120.